The van der Waals surface area contributed by atoms with Crippen LogP contribution in [-0.4, -0.2) is 70.5 Å². The minimum atomic E-state index is -1.13. The van der Waals surface area contributed by atoms with E-state index in [9.17, 15) is 19.5 Å². The van der Waals surface area contributed by atoms with Crippen molar-refractivity contribution in [2.75, 3.05) is 18.6 Å². The van der Waals surface area contributed by atoms with Gasteiger partial charge in [0.25, 0.3) is 0 Å². The van der Waals surface area contributed by atoms with E-state index < -0.39 is 35.9 Å². The number of hydrogen-bond donors (Lipinski definition) is 7. The Kier molecular flexibility index (Phi) is 10.7. The van der Waals surface area contributed by atoms with Crippen LogP contribution in [0.1, 0.15) is 24.8 Å². The van der Waals surface area contributed by atoms with Gasteiger partial charge in [0.1, 0.15) is 12.1 Å². The summed E-state index contributed by atoms with van der Waals surface area (Å²) in [5.74, 6) is -1.70. The summed E-state index contributed by atoms with van der Waals surface area (Å²) in [6, 6.07) is 4.64. The number of aromatic nitrogens is 1. The van der Waals surface area contributed by atoms with Crippen LogP contribution in [0, 0.1) is 0 Å². The third-order valence-electron chi connectivity index (χ3n) is 5.26. The second-order valence-electron chi connectivity index (χ2n) is 7.86. The molecule has 2 rings (SSSR count). The van der Waals surface area contributed by atoms with Crippen LogP contribution in [0.3, 0.4) is 0 Å². The van der Waals surface area contributed by atoms with Gasteiger partial charge in [-0.3, -0.25) is 14.6 Å². The summed E-state index contributed by atoms with van der Waals surface area (Å²) in [6.45, 7) is 0.332. The zero-order valence-electron chi connectivity index (χ0n) is 19.1. The number of aliphatic imine (C=N–C) groups is 1. The third-order valence-corrected chi connectivity index (χ3v) is 5.91. The van der Waals surface area contributed by atoms with Crippen LogP contribution >= 0.6 is 11.8 Å². The molecule has 34 heavy (non-hydrogen) atoms. The molecule has 0 fully saturated rings. The highest BCUT2D eigenvalue weighted by molar-refractivity contribution is 7.98. The SMILES string of the molecule is CSCCC(NC(=O)C(Cc1c[nH]c2ccccc12)NC(=O)C(N)CCCN=C(N)N)C(=O)O. The van der Waals surface area contributed by atoms with Crippen molar-refractivity contribution in [1.29, 1.82) is 0 Å². The first-order valence-corrected chi connectivity index (χ1v) is 12.3. The van der Waals surface area contributed by atoms with Crippen molar-refractivity contribution >= 4 is 46.4 Å². The van der Waals surface area contributed by atoms with E-state index >= 15 is 0 Å². The Hall–Kier alpha value is -3.25. The molecule has 0 saturated heterocycles. The van der Waals surface area contributed by atoms with E-state index in [4.69, 9.17) is 17.2 Å². The molecule has 0 saturated carbocycles. The Balaban J connectivity index is 2.15. The zero-order valence-corrected chi connectivity index (χ0v) is 19.9. The van der Waals surface area contributed by atoms with Gasteiger partial charge in [0.05, 0.1) is 6.04 Å². The number of carbonyl (C=O) groups is 3. The average molecular weight is 492 g/mol. The van der Waals surface area contributed by atoms with E-state index in [1.54, 1.807) is 6.20 Å². The quantitative estimate of drug-likeness (QED) is 0.108. The molecule has 0 spiro atoms. The molecule has 0 radical (unpaired) electrons. The fourth-order valence-corrected chi connectivity index (χ4v) is 3.90. The van der Waals surface area contributed by atoms with Gasteiger partial charge in [-0.25, -0.2) is 4.79 Å². The highest BCUT2D eigenvalue weighted by Gasteiger charge is 2.28. The maximum atomic E-state index is 13.1. The maximum absolute atomic E-state index is 13.1. The fraction of sp³-hybridized carbons (Fsp3) is 0.455. The largest absolute Gasteiger partial charge is 0.480 e. The van der Waals surface area contributed by atoms with E-state index in [-0.39, 0.29) is 18.8 Å². The molecule has 12 heteroatoms. The van der Waals surface area contributed by atoms with Crippen molar-refractivity contribution in [3.05, 3.63) is 36.0 Å². The molecule has 10 N–H and O–H groups in total. The van der Waals surface area contributed by atoms with Gasteiger partial charge in [-0.1, -0.05) is 18.2 Å². The average Bonchev–Trinajstić information content (AvgIpc) is 3.21. The Morgan fingerprint density at radius 2 is 1.82 bits per heavy atom. The van der Waals surface area contributed by atoms with Crippen molar-refractivity contribution in [1.82, 2.24) is 15.6 Å². The summed E-state index contributed by atoms with van der Waals surface area (Å²) in [7, 11) is 0. The van der Waals surface area contributed by atoms with Gasteiger partial charge in [-0.05, 0) is 42.9 Å². The first-order valence-electron chi connectivity index (χ1n) is 10.9. The maximum Gasteiger partial charge on any atom is 0.326 e. The molecule has 1 heterocycles. The van der Waals surface area contributed by atoms with Gasteiger partial charge in [0.2, 0.25) is 11.8 Å². The summed E-state index contributed by atoms with van der Waals surface area (Å²) >= 11 is 1.48. The summed E-state index contributed by atoms with van der Waals surface area (Å²) in [4.78, 5) is 44.4. The van der Waals surface area contributed by atoms with Crippen LogP contribution in [0.2, 0.25) is 0 Å². The lowest BCUT2D eigenvalue weighted by molar-refractivity contribution is -0.142. The van der Waals surface area contributed by atoms with E-state index in [1.807, 2.05) is 30.5 Å². The predicted molar refractivity (Wildman–Crippen MR) is 134 cm³/mol. The number of carboxylic acid groups (broad SMARTS) is 1. The molecule has 0 aliphatic heterocycles. The number of carbonyl (C=O) groups excluding carboxylic acids is 2. The van der Waals surface area contributed by atoms with E-state index in [1.165, 1.54) is 11.8 Å². The molecule has 186 valence electrons. The number of aromatic amines is 1. The molecule has 2 aromatic rings. The van der Waals surface area contributed by atoms with Crippen molar-refractivity contribution < 1.29 is 19.5 Å². The molecular formula is C22H33N7O4S. The monoisotopic (exact) mass is 491 g/mol. The number of benzene rings is 1. The molecule has 3 atom stereocenters. The van der Waals surface area contributed by atoms with E-state index in [2.05, 4.69) is 20.6 Å². The van der Waals surface area contributed by atoms with Crippen LogP contribution in [0.15, 0.2) is 35.5 Å². The van der Waals surface area contributed by atoms with Gasteiger partial charge in [-0.2, -0.15) is 11.8 Å². The first-order chi connectivity index (χ1) is 16.2. The summed E-state index contributed by atoms with van der Waals surface area (Å²) in [5.41, 5.74) is 18.3. The summed E-state index contributed by atoms with van der Waals surface area (Å²) < 4.78 is 0. The second kappa shape index (κ2) is 13.5. The topological polar surface area (TPSA) is 202 Å². The fourth-order valence-electron chi connectivity index (χ4n) is 3.42. The molecule has 0 bridgehead atoms. The van der Waals surface area contributed by atoms with Gasteiger partial charge in [0.15, 0.2) is 5.96 Å². The van der Waals surface area contributed by atoms with Gasteiger partial charge < -0.3 is 37.9 Å². The molecule has 11 nitrogen and oxygen atoms in total. The molecule has 0 aliphatic carbocycles. The number of H-pyrrole nitrogens is 1. The van der Waals surface area contributed by atoms with Crippen molar-refractivity contribution in [3.63, 3.8) is 0 Å². The lowest BCUT2D eigenvalue weighted by Crippen LogP contribution is -2.55. The molecular weight excluding hydrogens is 458 g/mol. The van der Waals surface area contributed by atoms with Crippen LogP contribution in [0.4, 0.5) is 0 Å². The number of amides is 2. The van der Waals surface area contributed by atoms with E-state index in [0.29, 0.717) is 25.1 Å². The molecule has 2 amide bonds. The molecule has 0 aliphatic rings. The third kappa shape index (κ3) is 8.27. The first kappa shape index (κ1) is 27.0. The van der Waals surface area contributed by atoms with Crippen molar-refractivity contribution in [2.24, 2.45) is 22.2 Å². The smallest absolute Gasteiger partial charge is 0.326 e. The van der Waals surface area contributed by atoms with Gasteiger partial charge >= 0.3 is 5.97 Å². The highest BCUT2D eigenvalue weighted by Crippen LogP contribution is 2.19. The molecule has 1 aromatic heterocycles. The number of para-hydroxylation sites is 1. The summed E-state index contributed by atoms with van der Waals surface area (Å²) in [5, 5.41) is 15.7. The zero-order chi connectivity index (χ0) is 25.1. The highest BCUT2D eigenvalue weighted by atomic mass is 32.2. The molecule has 3 unspecified atom stereocenters. The number of nitrogens with zero attached hydrogens (tertiary/aromatic N) is 1. The number of hydrogen-bond acceptors (Lipinski definition) is 6. The number of aliphatic carboxylic acids is 1. The van der Waals surface area contributed by atoms with Crippen molar-refractivity contribution in [3.8, 4) is 0 Å². The van der Waals surface area contributed by atoms with Crippen LogP contribution < -0.4 is 27.8 Å². The minimum absolute atomic E-state index is 0.0389. The Morgan fingerprint density at radius 3 is 2.50 bits per heavy atom. The van der Waals surface area contributed by atoms with Gasteiger partial charge in [-0.15, -0.1) is 0 Å². The van der Waals surface area contributed by atoms with Gasteiger partial charge in [0, 0.05) is 30.1 Å². The Bertz CT molecular complexity index is 1010. The normalized spacial score (nSPS) is 13.6. The van der Waals surface area contributed by atoms with Crippen LogP contribution in [-0.2, 0) is 20.8 Å². The lowest BCUT2D eigenvalue weighted by Gasteiger charge is -2.23. The number of nitrogens with one attached hydrogen (secondary N) is 3. The number of nitrogens with two attached hydrogens (primary N) is 3. The predicted octanol–water partition coefficient (Wildman–Crippen LogP) is -0.101. The lowest BCUT2D eigenvalue weighted by atomic mass is 10.0. The molecule has 1 aromatic carbocycles. The number of fused-ring (bicyclic) bond motifs is 1. The Morgan fingerprint density at radius 1 is 1.12 bits per heavy atom. The number of rotatable bonds is 14. The van der Waals surface area contributed by atoms with E-state index in [0.717, 1.165) is 16.5 Å². The minimum Gasteiger partial charge on any atom is -0.480 e. The summed E-state index contributed by atoms with van der Waals surface area (Å²) in [6.07, 6.45) is 4.86. The number of carboxylic acids is 1. The standard InChI is InChI=1S/C22H33N7O4S/c1-34-10-8-17(21(32)33)28-20(31)18(11-13-12-27-16-7-3-2-5-14(13)16)29-19(30)15(23)6-4-9-26-22(24)25/h2-3,5,7,12,15,17-18,27H,4,6,8-11,23H2,1H3,(H,28,31)(H,29,30)(H,32,33)(H4,24,25,26). The van der Waals surface area contributed by atoms with Crippen LogP contribution in [0.5, 0.6) is 0 Å². The van der Waals surface area contributed by atoms with Crippen molar-refractivity contribution in [2.45, 2.75) is 43.8 Å². The van der Waals surface area contributed by atoms with Crippen LogP contribution in [0.25, 0.3) is 10.9 Å². The second-order valence-corrected chi connectivity index (χ2v) is 8.85. The Labute approximate surface area is 202 Å². The number of thioether (sulfide) groups is 1. The number of guanidine groups is 1.